The van der Waals surface area contributed by atoms with Crippen LogP contribution in [0.25, 0.3) is 16.7 Å². The molecule has 1 saturated heterocycles. The minimum Gasteiger partial charge on any atom is -0.378 e. The lowest BCUT2D eigenvalue weighted by Crippen LogP contribution is -2.30. The lowest BCUT2D eigenvalue weighted by Gasteiger charge is -2.25. The number of aryl methyl sites for hydroxylation is 1. The number of fused-ring (bicyclic) bond motifs is 1. The molecule has 0 spiro atoms. The number of carbonyl (C=O) groups is 1. The van der Waals surface area contributed by atoms with E-state index in [-0.39, 0.29) is 5.91 Å². The molecule has 1 N–H and O–H groups in total. The second-order valence-corrected chi connectivity index (χ2v) is 6.86. The van der Waals surface area contributed by atoms with Crippen molar-refractivity contribution in [3.63, 3.8) is 0 Å². The van der Waals surface area contributed by atoms with E-state index in [4.69, 9.17) is 19.6 Å². The van der Waals surface area contributed by atoms with E-state index in [1.54, 1.807) is 18.0 Å². The molecular formula is C20H23N5O3. The van der Waals surface area contributed by atoms with Crippen molar-refractivity contribution < 1.29 is 14.3 Å². The highest BCUT2D eigenvalue weighted by Gasteiger charge is 2.38. The largest absolute Gasteiger partial charge is 0.378 e. The van der Waals surface area contributed by atoms with E-state index in [1.165, 1.54) is 6.92 Å². The molecule has 1 aliphatic rings. The Balaban J connectivity index is 1.84. The van der Waals surface area contributed by atoms with Gasteiger partial charge in [-0.05, 0) is 18.6 Å². The molecule has 0 saturated carbocycles. The summed E-state index contributed by atoms with van der Waals surface area (Å²) in [6.45, 7) is 4.64. The van der Waals surface area contributed by atoms with Gasteiger partial charge in [-0.2, -0.15) is 5.10 Å². The Labute approximate surface area is 162 Å². The summed E-state index contributed by atoms with van der Waals surface area (Å²) < 4.78 is 13.1. The maximum Gasteiger partial charge on any atom is 0.222 e. The predicted octanol–water partition coefficient (Wildman–Crippen LogP) is 2.60. The second-order valence-electron chi connectivity index (χ2n) is 6.86. The third-order valence-corrected chi connectivity index (χ3v) is 5.08. The van der Waals surface area contributed by atoms with Gasteiger partial charge in [-0.3, -0.25) is 4.79 Å². The fourth-order valence-corrected chi connectivity index (χ4v) is 3.56. The van der Waals surface area contributed by atoms with Gasteiger partial charge in [-0.1, -0.05) is 13.0 Å². The number of rotatable bonds is 5. The van der Waals surface area contributed by atoms with Crippen LogP contribution in [0.1, 0.15) is 31.7 Å². The van der Waals surface area contributed by atoms with E-state index in [2.05, 4.69) is 10.3 Å². The number of ether oxygens (including phenoxy) is 2. The maximum absolute atomic E-state index is 11.4. The smallest absolute Gasteiger partial charge is 0.222 e. The number of methoxy groups -OCH3 is 1. The van der Waals surface area contributed by atoms with E-state index in [0.717, 1.165) is 35.1 Å². The molecule has 3 aromatic heterocycles. The summed E-state index contributed by atoms with van der Waals surface area (Å²) in [6, 6.07) is 7.64. The average molecular weight is 381 g/mol. The minimum atomic E-state index is -0.532. The van der Waals surface area contributed by atoms with Crippen molar-refractivity contribution in [3.8, 4) is 5.82 Å². The Morgan fingerprint density at radius 3 is 2.96 bits per heavy atom. The molecule has 0 aromatic carbocycles. The van der Waals surface area contributed by atoms with Crippen molar-refractivity contribution in [2.24, 2.45) is 0 Å². The Hall–Kier alpha value is -2.84. The van der Waals surface area contributed by atoms with Gasteiger partial charge in [0.05, 0.1) is 23.5 Å². The topological polar surface area (TPSA) is 91.2 Å². The van der Waals surface area contributed by atoms with E-state index in [0.29, 0.717) is 24.8 Å². The normalized spacial score (nSPS) is 19.2. The number of hydrogen-bond donors (Lipinski definition) is 1. The summed E-state index contributed by atoms with van der Waals surface area (Å²) >= 11 is 0. The first-order chi connectivity index (χ1) is 13.6. The van der Waals surface area contributed by atoms with Gasteiger partial charge < -0.3 is 14.8 Å². The summed E-state index contributed by atoms with van der Waals surface area (Å²) in [6.07, 6.45) is 3.27. The average Bonchev–Trinajstić information content (AvgIpc) is 3.33. The van der Waals surface area contributed by atoms with E-state index >= 15 is 0 Å². The SMILES string of the molecule is CCc1nn(-c2cccc(C3(OC)CCOC3)n2)c2cc(NC(C)=O)ncc12. The molecule has 0 aliphatic carbocycles. The summed E-state index contributed by atoms with van der Waals surface area (Å²) in [7, 11) is 1.69. The quantitative estimate of drug-likeness (QED) is 0.730. The fourth-order valence-electron chi connectivity index (χ4n) is 3.56. The molecule has 1 aliphatic heterocycles. The summed E-state index contributed by atoms with van der Waals surface area (Å²) in [5, 5.41) is 8.41. The first-order valence-electron chi connectivity index (χ1n) is 9.32. The number of nitrogens with zero attached hydrogens (tertiary/aromatic N) is 4. The second kappa shape index (κ2) is 7.29. The van der Waals surface area contributed by atoms with Crippen LogP contribution in [-0.4, -0.2) is 46.0 Å². The van der Waals surface area contributed by atoms with Crippen LogP contribution in [0.15, 0.2) is 30.5 Å². The van der Waals surface area contributed by atoms with Crippen LogP contribution < -0.4 is 5.32 Å². The van der Waals surface area contributed by atoms with Gasteiger partial charge in [0.1, 0.15) is 11.4 Å². The fraction of sp³-hybridized carbons (Fsp3) is 0.400. The van der Waals surface area contributed by atoms with E-state index in [9.17, 15) is 4.79 Å². The highest BCUT2D eigenvalue weighted by molar-refractivity contribution is 5.91. The molecule has 4 heterocycles. The van der Waals surface area contributed by atoms with Gasteiger partial charge in [0.2, 0.25) is 5.91 Å². The number of hydrogen-bond acceptors (Lipinski definition) is 6. The Morgan fingerprint density at radius 2 is 2.29 bits per heavy atom. The lowest BCUT2D eigenvalue weighted by atomic mass is 9.98. The molecule has 4 rings (SSSR count). The van der Waals surface area contributed by atoms with Crippen molar-refractivity contribution in [2.75, 3.05) is 25.6 Å². The lowest BCUT2D eigenvalue weighted by molar-refractivity contribution is -0.114. The molecule has 1 unspecified atom stereocenters. The Morgan fingerprint density at radius 1 is 1.43 bits per heavy atom. The van der Waals surface area contributed by atoms with E-state index < -0.39 is 5.60 Å². The number of aromatic nitrogens is 4. The van der Waals surface area contributed by atoms with Gasteiger partial charge in [0.15, 0.2) is 5.82 Å². The molecule has 3 aromatic rings. The van der Waals surface area contributed by atoms with Gasteiger partial charge in [-0.25, -0.2) is 14.6 Å². The van der Waals surface area contributed by atoms with Crippen molar-refractivity contribution in [1.29, 1.82) is 0 Å². The molecule has 0 radical (unpaired) electrons. The monoisotopic (exact) mass is 381 g/mol. The highest BCUT2D eigenvalue weighted by Crippen LogP contribution is 2.33. The van der Waals surface area contributed by atoms with Crippen LogP contribution in [0.2, 0.25) is 0 Å². The Kier molecular flexibility index (Phi) is 4.82. The molecule has 1 fully saturated rings. The summed E-state index contributed by atoms with van der Waals surface area (Å²) in [5.74, 6) is 1.00. The molecule has 1 atom stereocenters. The number of anilines is 1. The summed E-state index contributed by atoms with van der Waals surface area (Å²) in [4.78, 5) is 20.6. The minimum absolute atomic E-state index is 0.169. The molecule has 0 bridgehead atoms. The molecule has 28 heavy (non-hydrogen) atoms. The third-order valence-electron chi connectivity index (χ3n) is 5.08. The van der Waals surface area contributed by atoms with Gasteiger partial charge >= 0.3 is 0 Å². The highest BCUT2D eigenvalue weighted by atomic mass is 16.5. The zero-order chi connectivity index (χ0) is 19.7. The molecule has 1 amide bonds. The van der Waals surface area contributed by atoms with Gasteiger partial charge in [0, 0.05) is 44.7 Å². The first-order valence-corrected chi connectivity index (χ1v) is 9.32. The van der Waals surface area contributed by atoms with Gasteiger partial charge in [0.25, 0.3) is 0 Å². The molecular weight excluding hydrogens is 358 g/mol. The van der Waals surface area contributed by atoms with Crippen LogP contribution in [-0.2, 0) is 26.3 Å². The standard InChI is InChI=1S/C20H23N5O3/c1-4-15-14-11-21-18(22-13(2)26)10-16(14)25(24-15)19-7-5-6-17(23-19)20(27-3)8-9-28-12-20/h5-7,10-11H,4,8-9,12H2,1-3H3,(H,21,22,26). The molecule has 8 nitrogen and oxygen atoms in total. The Bertz CT molecular complexity index is 1020. The number of amides is 1. The van der Waals surface area contributed by atoms with Crippen molar-refractivity contribution in [1.82, 2.24) is 19.7 Å². The number of pyridine rings is 2. The zero-order valence-electron chi connectivity index (χ0n) is 16.2. The van der Waals surface area contributed by atoms with Crippen molar-refractivity contribution in [2.45, 2.75) is 32.3 Å². The van der Waals surface area contributed by atoms with Gasteiger partial charge in [-0.15, -0.1) is 0 Å². The molecule has 8 heteroatoms. The van der Waals surface area contributed by atoms with Crippen LogP contribution in [0.4, 0.5) is 5.82 Å². The summed E-state index contributed by atoms with van der Waals surface area (Å²) in [5.41, 5.74) is 2.06. The maximum atomic E-state index is 11.4. The zero-order valence-corrected chi connectivity index (χ0v) is 16.2. The van der Waals surface area contributed by atoms with Crippen LogP contribution in [0.3, 0.4) is 0 Å². The van der Waals surface area contributed by atoms with Crippen molar-refractivity contribution in [3.05, 3.63) is 41.9 Å². The van der Waals surface area contributed by atoms with E-state index in [1.807, 2.05) is 31.2 Å². The van der Waals surface area contributed by atoms with Crippen molar-refractivity contribution >= 4 is 22.6 Å². The molecule has 146 valence electrons. The number of nitrogens with one attached hydrogen (secondary N) is 1. The predicted molar refractivity (Wildman–Crippen MR) is 104 cm³/mol. The van der Waals surface area contributed by atoms with Crippen LogP contribution in [0, 0.1) is 0 Å². The van der Waals surface area contributed by atoms with Crippen LogP contribution >= 0.6 is 0 Å². The number of carbonyl (C=O) groups excluding carboxylic acids is 1. The van der Waals surface area contributed by atoms with Crippen LogP contribution in [0.5, 0.6) is 0 Å². The first kappa shape index (κ1) is 18.5. The third kappa shape index (κ3) is 3.14.